The number of esters is 1. The fourth-order valence-electron chi connectivity index (χ4n) is 3.52. The lowest BCUT2D eigenvalue weighted by Crippen LogP contribution is -2.47. The zero-order valence-electron chi connectivity index (χ0n) is 18.1. The number of ether oxygens (including phenoxy) is 3. The summed E-state index contributed by atoms with van der Waals surface area (Å²) >= 11 is 0. The minimum Gasteiger partial charge on any atom is -0.493 e. The van der Waals surface area contributed by atoms with Crippen LogP contribution >= 0.6 is 0 Å². The molecular formula is C21H31N3O6. The Morgan fingerprint density at radius 1 is 1.13 bits per heavy atom. The van der Waals surface area contributed by atoms with Gasteiger partial charge in [0, 0.05) is 19.1 Å². The number of urea groups is 1. The molecule has 2 rings (SSSR count). The second-order valence-electron chi connectivity index (χ2n) is 7.08. The van der Waals surface area contributed by atoms with Crippen molar-refractivity contribution in [3.63, 3.8) is 0 Å². The van der Waals surface area contributed by atoms with Gasteiger partial charge in [0.05, 0.1) is 34.3 Å². The molecule has 30 heavy (non-hydrogen) atoms. The van der Waals surface area contributed by atoms with Crippen molar-refractivity contribution in [3.05, 3.63) is 23.3 Å². The van der Waals surface area contributed by atoms with E-state index in [0.717, 1.165) is 24.0 Å². The second kappa shape index (κ2) is 11.4. The van der Waals surface area contributed by atoms with Crippen molar-refractivity contribution in [3.8, 4) is 11.5 Å². The smallest absolute Gasteiger partial charge is 0.321 e. The molecule has 0 unspecified atom stereocenters. The van der Waals surface area contributed by atoms with E-state index in [0.29, 0.717) is 31.0 Å². The molecular weight excluding hydrogens is 390 g/mol. The Bertz CT molecular complexity index is 767. The highest BCUT2D eigenvalue weighted by atomic mass is 16.5. The number of methoxy groups -OCH3 is 3. The maximum Gasteiger partial charge on any atom is 0.321 e. The maximum atomic E-state index is 12.4. The van der Waals surface area contributed by atoms with Crippen molar-refractivity contribution in [2.75, 3.05) is 41.0 Å². The first-order chi connectivity index (χ1) is 14.4. The largest absolute Gasteiger partial charge is 0.493 e. The summed E-state index contributed by atoms with van der Waals surface area (Å²) in [4.78, 5) is 38.2. The number of nitrogens with one attached hydrogen (secondary N) is 2. The van der Waals surface area contributed by atoms with Gasteiger partial charge in [0.15, 0.2) is 11.5 Å². The molecule has 0 aromatic heterocycles. The van der Waals surface area contributed by atoms with E-state index in [9.17, 15) is 14.4 Å². The van der Waals surface area contributed by atoms with Crippen molar-refractivity contribution >= 4 is 17.9 Å². The van der Waals surface area contributed by atoms with E-state index in [-0.39, 0.29) is 25.0 Å². The van der Waals surface area contributed by atoms with E-state index in [1.165, 1.54) is 7.11 Å². The van der Waals surface area contributed by atoms with E-state index in [1.54, 1.807) is 14.2 Å². The first-order valence-electron chi connectivity index (χ1n) is 10.1. The third kappa shape index (κ3) is 6.09. The molecule has 0 spiro atoms. The molecule has 3 amide bonds. The Labute approximate surface area is 177 Å². The number of fused-ring (bicyclic) bond motifs is 1. The molecule has 1 aliphatic heterocycles. The summed E-state index contributed by atoms with van der Waals surface area (Å²) < 4.78 is 15.6. The van der Waals surface area contributed by atoms with Crippen LogP contribution in [0.5, 0.6) is 11.5 Å². The molecule has 1 atom stereocenters. The van der Waals surface area contributed by atoms with Gasteiger partial charge in [-0.25, -0.2) is 4.79 Å². The molecule has 0 saturated heterocycles. The number of benzene rings is 1. The van der Waals surface area contributed by atoms with E-state index in [2.05, 4.69) is 10.6 Å². The van der Waals surface area contributed by atoms with Crippen LogP contribution in [0, 0.1) is 0 Å². The summed E-state index contributed by atoms with van der Waals surface area (Å²) in [5.74, 6) is 0.351. The normalized spacial score (nSPS) is 15.7. The fraction of sp³-hybridized carbons (Fsp3) is 0.571. The third-order valence-corrected chi connectivity index (χ3v) is 5.12. The molecule has 166 valence electrons. The molecule has 0 saturated carbocycles. The first-order valence-corrected chi connectivity index (χ1v) is 10.1. The number of hydrogen-bond donors (Lipinski definition) is 2. The minimum atomic E-state index is -0.512. The van der Waals surface area contributed by atoms with E-state index < -0.39 is 11.9 Å². The molecule has 2 N–H and O–H groups in total. The summed E-state index contributed by atoms with van der Waals surface area (Å²) in [6, 6.07) is 2.84. The molecule has 1 aromatic rings. The Hall–Kier alpha value is -2.81. The average Bonchev–Trinajstić information content (AvgIpc) is 2.74. The Morgan fingerprint density at radius 2 is 1.83 bits per heavy atom. The lowest BCUT2D eigenvalue weighted by atomic mass is 9.90. The van der Waals surface area contributed by atoms with Gasteiger partial charge in [-0.2, -0.15) is 0 Å². The molecule has 9 heteroatoms. The molecule has 0 aliphatic carbocycles. The number of imide groups is 1. The van der Waals surface area contributed by atoms with Crippen LogP contribution in [-0.4, -0.2) is 63.8 Å². The summed E-state index contributed by atoms with van der Waals surface area (Å²) in [5.41, 5.74) is 1.90. The summed E-state index contributed by atoms with van der Waals surface area (Å²) in [5, 5.41) is 5.00. The molecule has 0 radical (unpaired) electrons. The lowest BCUT2D eigenvalue weighted by Gasteiger charge is -2.36. The van der Waals surface area contributed by atoms with Gasteiger partial charge >= 0.3 is 12.0 Å². The summed E-state index contributed by atoms with van der Waals surface area (Å²) in [6.07, 6.45) is 2.54. The topological polar surface area (TPSA) is 106 Å². The van der Waals surface area contributed by atoms with Crippen molar-refractivity contribution in [2.24, 2.45) is 0 Å². The number of nitrogens with zero attached hydrogens (tertiary/aromatic N) is 1. The highest BCUT2D eigenvalue weighted by Gasteiger charge is 2.32. The van der Waals surface area contributed by atoms with Crippen molar-refractivity contribution in [1.29, 1.82) is 0 Å². The van der Waals surface area contributed by atoms with Crippen LogP contribution in [0.25, 0.3) is 0 Å². The van der Waals surface area contributed by atoms with Gasteiger partial charge in [0.1, 0.15) is 0 Å². The number of carbonyl (C=O) groups is 3. The fourth-order valence-corrected chi connectivity index (χ4v) is 3.52. The highest BCUT2D eigenvalue weighted by Crippen LogP contribution is 2.39. The van der Waals surface area contributed by atoms with Crippen LogP contribution in [0.4, 0.5) is 4.79 Å². The highest BCUT2D eigenvalue weighted by molar-refractivity contribution is 5.95. The van der Waals surface area contributed by atoms with Crippen LogP contribution in [0.3, 0.4) is 0 Å². The van der Waals surface area contributed by atoms with Crippen molar-refractivity contribution in [1.82, 2.24) is 15.5 Å². The van der Waals surface area contributed by atoms with Crippen LogP contribution in [0.1, 0.15) is 43.4 Å². The van der Waals surface area contributed by atoms with Gasteiger partial charge in [-0.05, 0) is 36.1 Å². The molecule has 1 aliphatic rings. The third-order valence-electron chi connectivity index (χ3n) is 5.12. The van der Waals surface area contributed by atoms with Gasteiger partial charge in [-0.3, -0.25) is 19.8 Å². The van der Waals surface area contributed by atoms with Gasteiger partial charge in [-0.1, -0.05) is 13.3 Å². The Morgan fingerprint density at radius 3 is 2.47 bits per heavy atom. The van der Waals surface area contributed by atoms with Crippen molar-refractivity contribution < 1.29 is 28.6 Å². The standard InChI is InChI=1S/C21H31N3O6/c1-5-6-8-22-21(27)23-19(25)13-24-9-7-14-10-17(28-2)18(29-3)11-15(14)16(24)12-20(26)30-4/h10-11,16H,5-9,12-13H2,1-4H3,(H2,22,23,25,27)/t16-/m1/s1. The predicted octanol–water partition coefficient (Wildman–Crippen LogP) is 1.79. The van der Waals surface area contributed by atoms with Gasteiger partial charge < -0.3 is 19.5 Å². The number of hydrogen-bond acceptors (Lipinski definition) is 7. The molecule has 1 aromatic carbocycles. The van der Waals surface area contributed by atoms with Crippen LogP contribution in [-0.2, 0) is 20.7 Å². The van der Waals surface area contributed by atoms with E-state index in [1.807, 2.05) is 24.0 Å². The van der Waals surface area contributed by atoms with Crippen molar-refractivity contribution in [2.45, 2.75) is 38.6 Å². The number of unbranched alkanes of at least 4 members (excludes halogenated alkanes) is 1. The number of carbonyl (C=O) groups excluding carboxylic acids is 3. The SMILES string of the molecule is CCCCNC(=O)NC(=O)CN1CCc2cc(OC)c(OC)cc2[C@H]1CC(=O)OC. The van der Waals surface area contributed by atoms with E-state index in [4.69, 9.17) is 14.2 Å². The monoisotopic (exact) mass is 421 g/mol. The maximum absolute atomic E-state index is 12.4. The minimum absolute atomic E-state index is 0.0172. The summed E-state index contributed by atoms with van der Waals surface area (Å²) in [7, 11) is 4.45. The summed E-state index contributed by atoms with van der Waals surface area (Å²) in [6.45, 7) is 3.07. The molecule has 9 nitrogen and oxygen atoms in total. The molecule has 1 heterocycles. The Balaban J connectivity index is 2.18. The molecule has 0 bridgehead atoms. The van der Waals surface area contributed by atoms with Crippen LogP contribution in [0.15, 0.2) is 12.1 Å². The van der Waals surface area contributed by atoms with Gasteiger partial charge in [-0.15, -0.1) is 0 Å². The van der Waals surface area contributed by atoms with Crippen LogP contribution < -0.4 is 20.1 Å². The quantitative estimate of drug-likeness (QED) is 0.462. The molecule has 0 fully saturated rings. The van der Waals surface area contributed by atoms with Crippen LogP contribution in [0.2, 0.25) is 0 Å². The lowest BCUT2D eigenvalue weighted by molar-refractivity contribution is -0.142. The van der Waals surface area contributed by atoms with E-state index >= 15 is 0 Å². The zero-order valence-corrected chi connectivity index (χ0v) is 18.1. The zero-order chi connectivity index (χ0) is 22.1. The predicted molar refractivity (Wildman–Crippen MR) is 111 cm³/mol. The first kappa shape index (κ1) is 23.5. The Kier molecular flexibility index (Phi) is 8.91. The average molecular weight is 421 g/mol. The second-order valence-corrected chi connectivity index (χ2v) is 7.08. The number of rotatable bonds is 9. The van der Waals surface area contributed by atoms with Gasteiger partial charge in [0.2, 0.25) is 5.91 Å². The number of amides is 3. The van der Waals surface area contributed by atoms with Gasteiger partial charge in [0.25, 0.3) is 0 Å².